The molecule has 0 aliphatic rings. The Balaban J connectivity index is 1.51. The Morgan fingerprint density at radius 2 is 1.57 bits per heavy atom. The fraction of sp³-hybridized carbons (Fsp3) is 0.200. The number of carbonyl (C=O) groups is 3. The van der Waals surface area contributed by atoms with E-state index < -0.39 is 17.9 Å². The number of nitrogens with one attached hydrogen (secondary N) is 3. The summed E-state index contributed by atoms with van der Waals surface area (Å²) in [6.45, 7) is 1.17. The maximum Gasteiger partial charge on any atom is 0.262 e. The number of hydrogen-bond donors (Lipinski definition) is 3. The van der Waals surface area contributed by atoms with Crippen LogP contribution in [-0.2, 0) is 20.9 Å². The third kappa shape index (κ3) is 5.96. The van der Waals surface area contributed by atoms with Crippen LogP contribution in [0.15, 0.2) is 60.7 Å². The lowest BCUT2D eigenvalue weighted by molar-refractivity contribution is -0.130. The summed E-state index contributed by atoms with van der Waals surface area (Å²) in [4.78, 5) is 36.9. The van der Waals surface area contributed by atoms with Crippen molar-refractivity contribution in [3.8, 4) is 11.4 Å². The molecule has 0 saturated heterocycles. The van der Waals surface area contributed by atoms with Gasteiger partial charge in [-0.1, -0.05) is 60.7 Å². The van der Waals surface area contributed by atoms with Crippen LogP contribution < -0.4 is 16.2 Å². The van der Waals surface area contributed by atoms with Crippen molar-refractivity contribution in [3.63, 3.8) is 0 Å². The van der Waals surface area contributed by atoms with E-state index in [1.807, 2.05) is 60.7 Å². The fourth-order valence-corrected chi connectivity index (χ4v) is 2.74. The standard InChI is InChI=1S/C20H21N7O3/c1-14(28)21-17(15-8-4-2-5-9-15)12-18(29)22-23-19(30)13-27-25-20(24-26-27)16-10-6-3-7-11-16/h2-11,17H,12-13H2,1H3,(H,21,28)(H,22,29)(H,23,30). The lowest BCUT2D eigenvalue weighted by Gasteiger charge is -2.18. The van der Waals surface area contributed by atoms with Gasteiger partial charge in [-0.05, 0) is 10.8 Å². The number of benzene rings is 2. The third-order valence-electron chi connectivity index (χ3n) is 4.08. The van der Waals surface area contributed by atoms with Gasteiger partial charge in [0.1, 0.15) is 6.54 Å². The number of aromatic nitrogens is 4. The van der Waals surface area contributed by atoms with Crippen LogP contribution in [0.4, 0.5) is 0 Å². The average molecular weight is 407 g/mol. The maximum absolute atomic E-state index is 12.2. The van der Waals surface area contributed by atoms with E-state index in [4.69, 9.17) is 0 Å². The quantitative estimate of drug-likeness (QED) is 0.496. The summed E-state index contributed by atoms with van der Waals surface area (Å²) in [5.41, 5.74) is 6.21. The topological polar surface area (TPSA) is 131 Å². The van der Waals surface area contributed by atoms with Gasteiger partial charge in [0.05, 0.1) is 12.5 Å². The van der Waals surface area contributed by atoms with E-state index in [1.165, 1.54) is 6.92 Å². The molecule has 3 rings (SSSR count). The van der Waals surface area contributed by atoms with Crippen molar-refractivity contribution < 1.29 is 14.4 Å². The molecular formula is C20H21N7O3. The Bertz CT molecular complexity index is 1010. The molecule has 3 amide bonds. The van der Waals surface area contributed by atoms with Crippen molar-refractivity contribution in [2.24, 2.45) is 0 Å². The van der Waals surface area contributed by atoms with Crippen molar-refractivity contribution in [2.75, 3.05) is 0 Å². The summed E-state index contributed by atoms with van der Waals surface area (Å²) in [7, 11) is 0. The van der Waals surface area contributed by atoms with E-state index in [9.17, 15) is 14.4 Å². The molecule has 3 N–H and O–H groups in total. The number of hydrazine groups is 1. The van der Waals surface area contributed by atoms with Crippen LogP contribution in [0.1, 0.15) is 24.9 Å². The van der Waals surface area contributed by atoms with E-state index in [2.05, 4.69) is 31.6 Å². The van der Waals surface area contributed by atoms with Crippen LogP contribution in [-0.4, -0.2) is 37.9 Å². The molecule has 0 radical (unpaired) electrons. The molecule has 10 heteroatoms. The summed E-state index contributed by atoms with van der Waals surface area (Å²) < 4.78 is 0. The smallest absolute Gasteiger partial charge is 0.262 e. The molecule has 1 heterocycles. The maximum atomic E-state index is 12.2. The molecule has 0 fully saturated rings. The van der Waals surface area contributed by atoms with Gasteiger partial charge < -0.3 is 5.32 Å². The second-order valence-corrected chi connectivity index (χ2v) is 6.47. The molecule has 0 spiro atoms. The first-order valence-electron chi connectivity index (χ1n) is 9.24. The van der Waals surface area contributed by atoms with Crippen LogP contribution in [0, 0.1) is 0 Å². The highest BCUT2D eigenvalue weighted by Crippen LogP contribution is 2.16. The normalized spacial score (nSPS) is 11.4. The van der Waals surface area contributed by atoms with Gasteiger partial charge in [0.25, 0.3) is 5.91 Å². The first-order chi connectivity index (χ1) is 14.5. The van der Waals surface area contributed by atoms with Gasteiger partial charge in [-0.3, -0.25) is 25.2 Å². The van der Waals surface area contributed by atoms with Gasteiger partial charge in [0.2, 0.25) is 17.6 Å². The zero-order valence-electron chi connectivity index (χ0n) is 16.3. The van der Waals surface area contributed by atoms with E-state index in [-0.39, 0.29) is 18.9 Å². The molecule has 154 valence electrons. The van der Waals surface area contributed by atoms with Crippen molar-refractivity contribution in [2.45, 2.75) is 25.9 Å². The number of tetrazole rings is 1. The minimum Gasteiger partial charge on any atom is -0.349 e. The molecule has 0 aliphatic heterocycles. The summed E-state index contributed by atoms with van der Waals surface area (Å²) >= 11 is 0. The highest BCUT2D eigenvalue weighted by molar-refractivity contribution is 5.83. The Morgan fingerprint density at radius 3 is 2.23 bits per heavy atom. The molecule has 0 saturated carbocycles. The SMILES string of the molecule is CC(=O)NC(CC(=O)NNC(=O)Cn1nnc(-c2ccccc2)n1)c1ccccc1. The number of carbonyl (C=O) groups excluding carboxylic acids is 3. The number of nitrogens with zero attached hydrogens (tertiary/aromatic N) is 4. The van der Waals surface area contributed by atoms with E-state index in [0.29, 0.717) is 5.82 Å². The monoisotopic (exact) mass is 407 g/mol. The van der Waals surface area contributed by atoms with E-state index in [1.54, 1.807) is 0 Å². The molecule has 30 heavy (non-hydrogen) atoms. The Kier molecular flexibility index (Phi) is 6.83. The summed E-state index contributed by atoms with van der Waals surface area (Å²) in [5, 5.41) is 14.6. The van der Waals surface area contributed by atoms with Gasteiger partial charge in [0, 0.05) is 12.5 Å². The Hall–Kier alpha value is -4.08. The molecule has 3 aromatic rings. The summed E-state index contributed by atoms with van der Waals surface area (Å²) in [5.74, 6) is -0.834. The lowest BCUT2D eigenvalue weighted by Crippen LogP contribution is -2.44. The van der Waals surface area contributed by atoms with Gasteiger partial charge in [-0.2, -0.15) is 4.80 Å². The van der Waals surface area contributed by atoms with Crippen molar-refractivity contribution in [3.05, 3.63) is 66.2 Å². The molecule has 10 nitrogen and oxygen atoms in total. The zero-order valence-corrected chi connectivity index (χ0v) is 16.3. The second-order valence-electron chi connectivity index (χ2n) is 6.47. The predicted molar refractivity (Wildman–Crippen MR) is 107 cm³/mol. The van der Waals surface area contributed by atoms with Crippen LogP contribution in [0.5, 0.6) is 0 Å². The molecule has 1 atom stereocenters. The minimum absolute atomic E-state index is 0.0381. The molecule has 1 unspecified atom stereocenters. The molecule has 0 aliphatic carbocycles. The molecule has 1 aromatic heterocycles. The largest absolute Gasteiger partial charge is 0.349 e. The zero-order chi connectivity index (χ0) is 21.3. The van der Waals surface area contributed by atoms with Crippen LogP contribution in [0.2, 0.25) is 0 Å². The Morgan fingerprint density at radius 1 is 0.933 bits per heavy atom. The molecule has 2 aromatic carbocycles. The van der Waals surface area contributed by atoms with E-state index in [0.717, 1.165) is 15.9 Å². The van der Waals surface area contributed by atoms with Crippen LogP contribution in [0.25, 0.3) is 11.4 Å². The van der Waals surface area contributed by atoms with Crippen LogP contribution >= 0.6 is 0 Å². The van der Waals surface area contributed by atoms with E-state index >= 15 is 0 Å². The van der Waals surface area contributed by atoms with Crippen molar-refractivity contribution in [1.29, 1.82) is 0 Å². The summed E-state index contributed by atoms with van der Waals surface area (Å²) in [6, 6.07) is 17.8. The molecular weight excluding hydrogens is 386 g/mol. The first kappa shape index (κ1) is 20.6. The van der Waals surface area contributed by atoms with Crippen molar-refractivity contribution >= 4 is 17.7 Å². The van der Waals surface area contributed by atoms with Gasteiger partial charge >= 0.3 is 0 Å². The molecule has 0 bridgehead atoms. The lowest BCUT2D eigenvalue weighted by atomic mass is 10.0. The van der Waals surface area contributed by atoms with Gasteiger partial charge in [0.15, 0.2) is 0 Å². The predicted octanol–water partition coefficient (Wildman–Crippen LogP) is 0.755. The van der Waals surface area contributed by atoms with Gasteiger partial charge in [-0.15, -0.1) is 10.2 Å². The van der Waals surface area contributed by atoms with Crippen LogP contribution in [0.3, 0.4) is 0 Å². The summed E-state index contributed by atoms with van der Waals surface area (Å²) in [6.07, 6.45) is -0.0381. The third-order valence-corrected chi connectivity index (χ3v) is 4.08. The average Bonchev–Trinajstić information content (AvgIpc) is 3.21. The number of rotatable bonds is 7. The Labute approximate surface area is 172 Å². The van der Waals surface area contributed by atoms with Gasteiger partial charge in [-0.25, -0.2) is 0 Å². The number of hydrogen-bond acceptors (Lipinski definition) is 6. The number of amides is 3. The van der Waals surface area contributed by atoms with Crippen molar-refractivity contribution in [1.82, 2.24) is 36.4 Å². The fourth-order valence-electron chi connectivity index (χ4n) is 2.74. The highest BCUT2D eigenvalue weighted by atomic mass is 16.2. The highest BCUT2D eigenvalue weighted by Gasteiger charge is 2.17. The minimum atomic E-state index is -0.517. The second kappa shape index (κ2) is 9.92. The first-order valence-corrected chi connectivity index (χ1v) is 9.24.